The van der Waals surface area contributed by atoms with Crippen molar-refractivity contribution in [2.45, 2.75) is 64.3 Å². The number of aromatic hydroxyl groups is 1. The highest BCUT2D eigenvalue weighted by Gasteiger charge is 2.46. The quantitative estimate of drug-likeness (QED) is 0.302. The lowest BCUT2D eigenvalue weighted by Crippen LogP contribution is -2.55. The molecule has 6 heteroatoms. The van der Waals surface area contributed by atoms with Crippen molar-refractivity contribution in [2.24, 2.45) is 17.8 Å². The van der Waals surface area contributed by atoms with Crippen molar-refractivity contribution in [3.8, 4) is 22.8 Å². The van der Waals surface area contributed by atoms with Crippen molar-refractivity contribution in [1.82, 2.24) is 4.90 Å². The maximum absolute atomic E-state index is 12.7. The van der Waals surface area contributed by atoms with Crippen LogP contribution < -0.4 is 15.1 Å². The molecule has 1 heterocycles. The van der Waals surface area contributed by atoms with Gasteiger partial charge in [0.15, 0.2) is 16.8 Å². The second kappa shape index (κ2) is 11.2. The molecule has 0 radical (unpaired) electrons. The van der Waals surface area contributed by atoms with Crippen molar-refractivity contribution >= 4 is 16.7 Å². The lowest BCUT2D eigenvalue weighted by molar-refractivity contribution is -0.0267. The van der Waals surface area contributed by atoms with Crippen LogP contribution in [0.2, 0.25) is 0 Å². The summed E-state index contributed by atoms with van der Waals surface area (Å²) in [5, 5.41) is 10.5. The Morgan fingerprint density at radius 2 is 1.64 bits per heavy atom. The Bertz CT molecular complexity index is 1330. The van der Waals surface area contributed by atoms with Crippen LogP contribution in [0.15, 0.2) is 51.7 Å². The summed E-state index contributed by atoms with van der Waals surface area (Å²) in [4.78, 5) is 17.7. The van der Waals surface area contributed by atoms with Crippen LogP contribution in [0.4, 0.5) is 5.69 Å². The zero-order valence-electron chi connectivity index (χ0n) is 24.2. The number of fused-ring (bicyclic) bond motifs is 3. The Hall–Kier alpha value is -2.99. The van der Waals surface area contributed by atoms with Crippen LogP contribution in [0.3, 0.4) is 0 Å². The van der Waals surface area contributed by atoms with Crippen molar-refractivity contribution in [3.63, 3.8) is 0 Å². The Morgan fingerprint density at radius 3 is 2.31 bits per heavy atom. The minimum Gasteiger partial charge on any atom is -0.504 e. The summed E-state index contributed by atoms with van der Waals surface area (Å²) in [5.41, 5.74) is 2.44. The Kier molecular flexibility index (Phi) is 7.95. The van der Waals surface area contributed by atoms with E-state index in [1.54, 1.807) is 6.07 Å². The Labute approximate surface area is 232 Å². The molecule has 1 aromatic heterocycles. The first-order valence-corrected chi connectivity index (χ1v) is 14.6. The average Bonchev–Trinajstić information content (AvgIpc) is 2.89. The molecule has 6 nitrogen and oxygen atoms in total. The van der Waals surface area contributed by atoms with E-state index in [1.165, 1.54) is 64.3 Å². The minimum absolute atomic E-state index is 0.0566. The van der Waals surface area contributed by atoms with Gasteiger partial charge in [0, 0.05) is 36.4 Å². The zero-order chi connectivity index (χ0) is 27.7. The summed E-state index contributed by atoms with van der Waals surface area (Å²) in [6.07, 6.45) is 9.32. The number of hydrogen-bond donors (Lipinski definition) is 1. The van der Waals surface area contributed by atoms with Gasteiger partial charge in [-0.05, 0) is 113 Å². The third-order valence-electron chi connectivity index (χ3n) is 9.27. The van der Waals surface area contributed by atoms with E-state index in [-0.39, 0.29) is 22.5 Å². The van der Waals surface area contributed by atoms with E-state index >= 15 is 0 Å². The molecule has 2 aromatic carbocycles. The highest BCUT2D eigenvalue weighted by Crippen LogP contribution is 2.50. The molecule has 2 saturated carbocycles. The van der Waals surface area contributed by atoms with E-state index in [2.05, 4.69) is 49.9 Å². The number of methoxy groups -OCH3 is 1. The Balaban J connectivity index is 1.19. The van der Waals surface area contributed by atoms with Gasteiger partial charge in [-0.15, -0.1) is 0 Å². The predicted molar refractivity (Wildman–Crippen MR) is 159 cm³/mol. The second-order valence-corrected chi connectivity index (χ2v) is 12.5. The first kappa shape index (κ1) is 27.6. The molecule has 0 saturated heterocycles. The van der Waals surface area contributed by atoms with Gasteiger partial charge in [0.2, 0.25) is 5.75 Å². The van der Waals surface area contributed by atoms with Gasteiger partial charge < -0.3 is 24.1 Å². The standard InChI is InChI=1S/C33H44N2O4/c1-22-16-24-17-23(2)20-33(19-22,21-24)35(4)15-7-6-14-34(3)26-10-8-25(9-11-26)30-18-29(37)27-12-13-28(36)32(38-5)31(27)39-30/h8-13,18,22-24,36H,6-7,14-17,19-21H2,1-5H3. The number of phenolic OH excluding ortho intramolecular Hbond substituents is 1. The Morgan fingerprint density at radius 1 is 0.974 bits per heavy atom. The number of nitrogens with zero attached hydrogens (tertiary/aromatic N) is 2. The normalized spacial score (nSPS) is 24.7. The fraction of sp³-hybridized carbons (Fsp3) is 0.545. The van der Waals surface area contributed by atoms with Crippen LogP contribution in [0.25, 0.3) is 22.3 Å². The van der Waals surface area contributed by atoms with Gasteiger partial charge in [0.05, 0.1) is 12.5 Å². The molecule has 2 unspecified atom stereocenters. The lowest BCUT2D eigenvalue weighted by Gasteiger charge is -2.54. The molecule has 2 atom stereocenters. The van der Waals surface area contributed by atoms with Crippen LogP contribution >= 0.6 is 0 Å². The van der Waals surface area contributed by atoms with E-state index < -0.39 is 0 Å². The first-order chi connectivity index (χ1) is 18.7. The highest BCUT2D eigenvalue weighted by atomic mass is 16.5. The molecule has 5 rings (SSSR count). The summed E-state index contributed by atoms with van der Waals surface area (Å²) in [7, 11) is 5.96. The van der Waals surface area contributed by atoms with Gasteiger partial charge in [-0.1, -0.05) is 13.8 Å². The summed E-state index contributed by atoms with van der Waals surface area (Å²) in [5.74, 6) is 3.19. The number of ether oxygens (including phenoxy) is 1. The first-order valence-electron chi connectivity index (χ1n) is 14.6. The molecular formula is C33H44N2O4. The molecule has 2 aliphatic carbocycles. The van der Waals surface area contributed by atoms with Gasteiger partial charge in [-0.3, -0.25) is 4.79 Å². The number of benzene rings is 2. The minimum atomic E-state index is -0.170. The maximum Gasteiger partial charge on any atom is 0.204 e. The van der Waals surface area contributed by atoms with Gasteiger partial charge in [-0.2, -0.15) is 0 Å². The molecule has 0 aliphatic heterocycles. The molecule has 210 valence electrons. The lowest BCUT2D eigenvalue weighted by atomic mass is 9.60. The molecule has 2 bridgehead atoms. The second-order valence-electron chi connectivity index (χ2n) is 12.5. The van der Waals surface area contributed by atoms with E-state index in [9.17, 15) is 9.90 Å². The molecule has 0 amide bonds. The van der Waals surface area contributed by atoms with Crippen LogP contribution in [-0.2, 0) is 0 Å². The van der Waals surface area contributed by atoms with Gasteiger partial charge >= 0.3 is 0 Å². The van der Waals surface area contributed by atoms with Crippen molar-refractivity contribution in [3.05, 3.63) is 52.7 Å². The summed E-state index contributed by atoms with van der Waals surface area (Å²) in [6.45, 7) is 7.08. The molecule has 1 N–H and O–H groups in total. The van der Waals surface area contributed by atoms with Crippen molar-refractivity contribution < 1.29 is 14.3 Å². The van der Waals surface area contributed by atoms with Crippen molar-refractivity contribution in [1.29, 1.82) is 0 Å². The van der Waals surface area contributed by atoms with Crippen LogP contribution in [-0.4, -0.2) is 49.8 Å². The fourth-order valence-corrected chi connectivity index (χ4v) is 7.59. The third kappa shape index (κ3) is 5.67. The maximum atomic E-state index is 12.7. The topological polar surface area (TPSA) is 66.2 Å². The van der Waals surface area contributed by atoms with Gasteiger partial charge in [0.25, 0.3) is 0 Å². The summed E-state index contributed by atoms with van der Waals surface area (Å²) < 4.78 is 11.3. The van der Waals surface area contributed by atoms with Gasteiger partial charge in [-0.25, -0.2) is 0 Å². The molecule has 2 aliphatic rings. The summed E-state index contributed by atoms with van der Waals surface area (Å²) in [6, 6.07) is 12.6. The predicted octanol–water partition coefficient (Wildman–Crippen LogP) is 6.93. The molecule has 39 heavy (non-hydrogen) atoms. The van der Waals surface area contributed by atoms with E-state index in [1.807, 2.05) is 12.1 Å². The number of unbranched alkanes of at least 4 members (excludes halogenated alkanes) is 1. The van der Waals surface area contributed by atoms with Crippen LogP contribution in [0.5, 0.6) is 11.5 Å². The summed E-state index contributed by atoms with van der Waals surface area (Å²) >= 11 is 0. The number of hydrogen-bond acceptors (Lipinski definition) is 6. The van der Waals surface area contributed by atoms with Crippen LogP contribution in [0, 0.1) is 17.8 Å². The third-order valence-corrected chi connectivity index (χ3v) is 9.27. The highest BCUT2D eigenvalue weighted by molar-refractivity contribution is 5.86. The largest absolute Gasteiger partial charge is 0.504 e. The van der Waals surface area contributed by atoms with E-state index in [4.69, 9.17) is 9.15 Å². The molecule has 2 fully saturated rings. The van der Waals surface area contributed by atoms with Crippen LogP contribution in [0.1, 0.15) is 58.8 Å². The average molecular weight is 533 g/mol. The van der Waals surface area contributed by atoms with E-state index in [0.29, 0.717) is 16.7 Å². The smallest absolute Gasteiger partial charge is 0.204 e. The fourth-order valence-electron chi connectivity index (χ4n) is 7.59. The number of rotatable bonds is 9. The molecular weight excluding hydrogens is 488 g/mol. The molecule has 3 aromatic rings. The van der Waals surface area contributed by atoms with E-state index in [0.717, 1.165) is 42.0 Å². The molecule has 0 spiro atoms. The number of anilines is 1. The SMILES string of the molecule is COc1c(O)ccc2c(=O)cc(-c3ccc(N(C)CCCCN(C)C45CC(C)CC(CC(C)C4)C5)cc3)oc12. The van der Waals surface area contributed by atoms with Gasteiger partial charge in [0.1, 0.15) is 5.76 Å². The number of phenols is 1. The monoisotopic (exact) mass is 532 g/mol. The zero-order valence-corrected chi connectivity index (χ0v) is 24.2. The van der Waals surface area contributed by atoms with Crippen molar-refractivity contribution in [2.75, 3.05) is 39.2 Å².